The number of guanidine groups is 1. The van der Waals surface area contributed by atoms with E-state index in [9.17, 15) is 9.59 Å². The van der Waals surface area contributed by atoms with Crippen molar-refractivity contribution in [2.75, 3.05) is 27.2 Å². The Morgan fingerprint density at radius 3 is 2.56 bits per heavy atom. The van der Waals surface area contributed by atoms with Gasteiger partial charge >= 0.3 is 6.03 Å². The summed E-state index contributed by atoms with van der Waals surface area (Å²) in [5.74, 6) is 1.28. The van der Waals surface area contributed by atoms with Gasteiger partial charge in [0.1, 0.15) is 0 Å². The Morgan fingerprint density at radius 2 is 1.85 bits per heavy atom. The van der Waals surface area contributed by atoms with Crippen LogP contribution in [0.25, 0.3) is 0 Å². The molecule has 3 aliphatic rings. The fourth-order valence-electron chi connectivity index (χ4n) is 4.34. The van der Waals surface area contributed by atoms with Crippen molar-refractivity contribution in [3.63, 3.8) is 0 Å². The number of carbonyl (C=O) groups is 2. The minimum absolute atomic E-state index is 0.168. The second-order valence-corrected chi connectivity index (χ2v) is 7.90. The lowest BCUT2D eigenvalue weighted by molar-refractivity contribution is -0.137. The molecular weight excluding hydrogens is 342 g/mol. The molecule has 3 amide bonds. The molecule has 2 saturated heterocycles. The summed E-state index contributed by atoms with van der Waals surface area (Å²) in [7, 11) is 3.66. The van der Waals surface area contributed by atoms with Crippen LogP contribution in [-0.2, 0) is 11.3 Å². The molecule has 0 aliphatic carbocycles. The molecular formula is C20H27N5O2. The fraction of sp³-hybridized carbons (Fsp3) is 0.550. The number of hydrogen-bond donors (Lipinski definition) is 0. The molecule has 3 heterocycles. The molecule has 3 atom stereocenters. The first-order valence-electron chi connectivity index (χ1n) is 9.65. The Bertz CT molecular complexity index is 765. The zero-order valence-corrected chi connectivity index (χ0v) is 16.2. The lowest BCUT2D eigenvalue weighted by atomic mass is 10.0. The highest BCUT2D eigenvalue weighted by Gasteiger charge is 2.51. The average molecular weight is 369 g/mol. The van der Waals surface area contributed by atoms with E-state index >= 15 is 0 Å². The molecule has 1 aromatic rings. The number of amides is 3. The van der Waals surface area contributed by atoms with Gasteiger partial charge in [-0.3, -0.25) is 9.69 Å². The standard InChI is InChI=1S/C20H27N5O2/c1-14-8-7-11-24(12-14)19-21-17-16(22(19)2)18(26)25(20(27)23(17)3)13-15-9-5-4-6-10-15/h4-6,9-10,14,16-17H,7-8,11-13H2,1-3H3. The third-order valence-corrected chi connectivity index (χ3v) is 5.83. The number of likely N-dealkylation sites (N-methyl/N-ethyl adjacent to an activating group) is 2. The lowest BCUT2D eigenvalue weighted by Gasteiger charge is -2.41. The summed E-state index contributed by atoms with van der Waals surface area (Å²) in [5, 5.41) is 0. The van der Waals surface area contributed by atoms with Crippen LogP contribution in [0, 0.1) is 5.92 Å². The number of imide groups is 1. The number of rotatable bonds is 2. The highest BCUT2D eigenvalue weighted by molar-refractivity contribution is 6.03. The van der Waals surface area contributed by atoms with Crippen LogP contribution in [0.15, 0.2) is 35.3 Å². The van der Waals surface area contributed by atoms with Gasteiger partial charge in [0.05, 0.1) is 6.54 Å². The van der Waals surface area contributed by atoms with Gasteiger partial charge in [0.25, 0.3) is 5.91 Å². The van der Waals surface area contributed by atoms with Gasteiger partial charge in [0.2, 0.25) is 0 Å². The number of aliphatic imine (C=N–C) groups is 1. The maximum absolute atomic E-state index is 13.2. The minimum atomic E-state index is -0.455. The zero-order chi connectivity index (χ0) is 19.1. The van der Waals surface area contributed by atoms with Crippen molar-refractivity contribution >= 4 is 17.9 Å². The molecule has 2 fully saturated rings. The van der Waals surface area contributed by atoms with Gasteiger partial charge in [0.15, 0.2) is 18.2 Å². The molecule has 0 saturated carbocycles. The minimum Gasteiger partial charge on any atom is -0.342 e. The monoisotopic (exact) mass is 369 g/mol. The number of benzene rings is 1. The summed E-state index contributed by atoms with van der Waals surface area (Å²) < 4.78 is 0. The Labute approximate surface area is 160 Å². The van der Waals surface area contributed by atoms with Gasteiger partial charge in [-0.05, 0) is 24.3 Å². The van der Waals surface area contributed by atoms with Gasteiger partial charge in [-0.1, -0.05) is 37.3 Å². The van der Waals surface area contributed by atoms with E-state index in [4.69, 9.17) is 4.99 Å². The molecule has 0 bridgehead atoms. The number of piperidine rings is 1. The molecule has 0 N–H and O–H groups in total. The van der Waals surface area contributed by atoms with Crippen molar-refractivity contribution in [2.45, 2.75) is 38.5 Å². The summed E-state index contributed by atoms with van der Waals surface area (Å²) in [5.41, 5.74) is 0.942. The molecule has 0 radical (unpaired) electrons. The number of nitrogens with zero attached hydrogens (tertiary/aromatic N) is 5. The molecule has 7 heteroatoms. The van der Waals surface area contributed by atoms with Gasteiger partial charge < -0.3 is 14.7 Å². The predicted octanol–water partition coefficient (Wildman–Crippen LogP) is 1.81. The topological polar surface area (TPSA) is 59.5 Å². The Kier molecular flexibility index (Phi) is 4.53. The van der Waals surface area contributed by atoms with Crippen molar-refractivity contribution in [1.82, 2.24) is 19.6 Å². The third-order valence-electron chi connectivity index (χ3n) is 5.83. The summed E-state index contributed by atoms with van der Waals surface area (Å²) in [4.78, 5) is 38.1. The molecule has 27 heavy (non-hydrogen) atoms. The maximum atomic E-state index is 13.2. The number of likely N-dealkylation sites (tertiary alicyclic amines) is 1. The first kappa shape index (κ1) is 17.8. The van der Waals surface area contributed by atoms with E-state index in [-0.39, 0.29) is 18.5 Å². The van der Waals surface area contributed by atoms with Crippen LogP contribution in [-0.4, -0.2) is 76.9 Å². The van der Waals surface area contributed by atoms with Crippen molar-refractivity contribution in [1.29, 1.82) is 0 Å². The molecule has 3 aliphatic heterocycles. The van der Waals surface area contributed by atoms with Gasteiger partial charge in [0, 0.05) is 27.2 Å². The summed E-state index contributed by atoms with van der Waals surface area (Å²) in [6.07, 6.45) is 1.91. The number of carbonyl (C=O) groups excluding carboxylic acids is 2. The summed E-state index contributed by atoms with van der Waals surface area (Å²) in [6.45, 7) is 4.43. The third kappa shape index (κ3) is 3.05. The molecule has 4 rings (SSSR count). The maximum Gasteiger partial charge on any atom is 0.328 e. The predicted molar refractivity (Wildman–Crippen MR) is 103 cm³/mol. The fourth-order valence-corrected chi connectivity index (χ4v) is 4.34. The van der Waals surface area contributed by atoms with E-state index in [1.165, 1.54) is 11.3 Å². The first-order valence-corrected chi connectivity index (χ1v) is 9.65. The molecule has 1 aromatic carbocycles. The zero-order valence-electron chi connectivity index (χ0n) is 16.2. The van der Waals surface area contributed by atoms with Crippen LogP contribution < -0.4 is 0 Å². The van der Waals surface area contributed by atoms with Crippen LogP contribution in [0.5, 0.6) is 0 Å². The molecule has 144 valence electrons. The Balaban J connectivity index is 1.58. The highest BCUT2D eigenvalue weighted by Crippen LogP contribution is 2.30. The highest BCUT2D eigenvalue weighted by atomic mass is 16.2. The van der Waals surface area contributed by atoms with E-state index in [1.807, 2.05) is 42.3 Å². The second-order valence-electron chi connectivity index (χ2n) is 7.90. The van der Waals surface area contributed by atoms with Crippen LogP contribution in [0.1, 0.15) is 25.3 Å². The summed E-state index contributed by atoms with van der Waals surface area (Å²) >= 11 is 0. The van der Waals surface area contributed by atoms with Crippen molar-refractivity contribution in [3.05, 3.63) is 35.9 Å². The van der Waals surface area contributed by atoms with Crippen molar-refractivity contribution in [2.24, 2.45) is 10.9 Å². The number of hydrogen-bond acceptors (Lipinski definition) is 5. The average Bonchev–Trinajstić information content (AvgIpc) is 3.02. The van der Waals surface area contributed by atoms with Crippen LogP contribution in [0.3, 0.4) is 0 Å². The van der Waals surface area contributed by atoms with Crippen molar-refractivity contribution in [3.8, 4) is 0 Å². The van der Waals surface area contributed by atoms with Crippen LogP contribution in [0.4, 0.5) is 4.79 Å². The Morgan fingerprint density at radius 1 is 1.11 bits per heavy atom. The van der Waals surface area contributed by atoms with Crippen LogP contribution in [0.2, 0.25) is 0 Å². The van der Waals surface area contributed by atoms with Crippen molar-refractivity contribution < 1.29 is 9.59 Å². The first-order chi connectivity index (χ1) is 13.0. The van der Waals surface area contributed by atoms with Gasteiger partial charge in [-0.25, -0.2) is 9.79 Å². The van der Waals surface area contributed by atoms with E-state index in [0.29, 0.717) is 5.92 Å². The SMILES string of the molecule is CC1CCCN(C2=NC3C(C(=O)N(Cc4ccccc4)C(=O)N3C)N2C)C1. The summed E-state index contributed by atoms with van der Waals surface area (Å²) in [6, 6.07) is 8.89. The van der Waals surface area contributed by atoms with E-state index in [1.54, 1.807) is 11.9 Å². The van der Waals surface area contributed by atoms with E-state index in [2.05, 4.69) is 11.8 Å². The normalized spacial score (nSPS) is 28.6. The number of urea groups is 1. The van der Waals surface area contributed by atoms with Crippen LogP contribution >= 0.6 is 0 Å². The molecule has 7 nitrogen and oxygen atoms in total. The number of fused-ring (bicyclic) bond motifs is 1. The van der Waals surface area contributed by atoms with Gasteiger partial charge in [-0.15, -0.1) is 0 Å². The van der Waals surface area contributed by atoms with Gasteiger partial charge in [-0.2, -0.15) is 0 Å². The lowest BCUT2D eigenvalue weighted by Crippen LogP contribution is -2.64. The molecule has 0 aromatic heterocycles. The second kappa shape index (κ2) is 6.87. The van der Waals surface area contributed by atoms with E-state index in [0.717, 1.165) is 31.0 Å². The molecule has 3 unspecified atom stereocenters. The Hall–Kier alpha value is -2.57. The quantitative estimate of drug-likeness (QED) is 0.798. The largest absolute Gasteiger partial charge is 0.342 e. The smallest absolute Gasteiger partial charge is 0.328 e. The molecule has 0 spiro atoms. The van der Waals surface area contributed by atoms with E-state index < -0.39 is 12.2 Å².